The fourth-order valence-corrected chi connectivity index (χ4v) is 5.55. The van der Waals surface area contributed by atoms with E-state index in [4.69, 9.17) is 14.5 Å². The van der Waals surface area contributed by atoms with Crippen molar-refractivity contribution in [2.24, 2.45) is 4.99 Å². The number of amides is 1. The van der Waals surface area contributed by atoms with Gasteiger partial charge in [0.05, 0.1) is 29.5 Å². The Bertz CT molecular complexity index is 1530. The molecule has 4 rings (SSSR count). The van der Waals surface area contributed by atoms with Crippen molar-refractivity contribution in [2.75, 3.05) is 26.8 Å². The summed E-state index contributed by atoms with van der Waals surface area (Å²) in [5.74, 6) is 0.809. The summed E-state index contributed by atoms with van der Waals surface area (Å²) in [6.07, 6.45) is 1.75. The molecule has 0 fully saturated rings. The number of carbonyl (C=O) groups is 1. The van der Waals surface area contributed by atoms with Gasteiger partial charge in [0.15, 0.2) is 16.3 Å². The second-order valence-electron chi connectivity index (χ2n) is 8.46. The van der Waals surface area contributed by atoms with Crippen LogP contribution in [-0.4, -0.2) is 47.3 Å². The van der Waals surface area contributed by atoms with Crippen LogP contribution in [0.5, 0.6) is 17.2 Å². The minimum atomic E-state index is -0.693. The third kappa shape index (κ3) is 4.91. The molecule has 3 aromatic rings. The molecule has 37 heavy (non-hydrogen) atoms. The van der Waals surface area contributed by atoms with Gasteiger partial charge in [-0.25, -0.2) is 4.99 Å². The van der Waals surface area contributed by atoms with Gasteiger partial charge in [-0.15, -0.1) is 0 Å². The molecule has 0 bridgehead atoms. The van der Waals surface area contributed by atoms with E-state index in [0.717, 1.165) is 0 Å². The van der Waals surface area contributed by atoms with Crippen molar-refractivity contribution >= 4 is 23.3 Å². The van der Waals surface area contributed by atoms with Gasteiger partial charge in [-0.2, -0.15) is 0 Å². The maximum atomic E-state index is 13.9. The average Bonchev–Trinajstić information content (AvgIpc) is 3.20. The molecule has 1 aromatic heterocycles. The van der Waals surface area contributed by atoms with Gasteiger partial charge in [-0.1, -0.05) is 35.6 Å². The summed E-state index contributed by atoms with van der Waals surface area (Å²) in [7, 11) is 1.58. The van der Waals surface area contributed by atoms with Crippen molar-refractivity contribution in [3.8, 4) is 17.2 Å². The first-order valence-corrected chi connectivity index (χ1v) is 13.1. The predicted molar refractivity (Wildman–Crippen MR) is 144 cm³/mol. The normalized spacial score (nSPS) is 15.3. The molecule has 8 nitrogen and oxygen atoms in total. The molecule has 1 aliphatic rings. The Morgan fingerprint density at radius 3 is 2.57 bits per heavy atom. The summed E-state index contributed by atoms with van der Waals surface area (Å²) in [6.45, 7) is 8.99. The minimum Gasteiger partial charge on any atom is -0.504 e. The number of fused-ring (bicyclic) bond motifs is 1. The number of carbonyl (C=O) groups excluding carboxylic acids is 1. The van der Waals surface area contributed by atoms with Crippen LogP contribution in [0.3, 0.4) is 0 Å². The standard InChI is InChI=1S/C28H31N3O5S/c1-6-30(7-2)27(34)24-17(4)29-28-31(25(24)19-11-9-10-12-21(19)35-5)26(33)23(37-28)16-18-13-14-20(32)22(15-18)36-8-3/h9-16,25,32H,6-8H2,1-5H3/b23-16+/t25-/m0/s1. The van der Waals surface area contributed by atoms with Gasteiger partial charge in [-0.3, -0.25) is 14.2 Å². The van der Waals surface area contributed by atoms with E-state index in [1.807, 2.05) is 52.0 Å². The number of thiazole rings is 1. The molecule has 9 heteroatoms. The number of phenols is 1. The topological polar surface area (TPSA) is 93.4 Å². The van der Waals surface area contributed by atoms with Crippen LogP contribution in [0.25, 0.3) is 6.08 Å². The highest BCUT2D eigenvalue weighted by Gasteiger charge is 2.35. The van der Waals surface area contributed by atoms with Gasteiger partial charge < -0.3 is 19.5 Å². The maximum Gasteiger partial charge on any atom is 0.271 e. The predicted octanol–water partition coefficient (Wildman–Crippen LogP) is 3.22. The van der Waals surface area contributed by atoms with Crippen LogP contribution in [0.4, 0.5) is 0 Å². The molecule has 0 radical (unpaired) electrons. The zero-order chi connectivity index (χ0) is 26.7. The lowest BCUT2D eigenvalue weighted by Gasteiger charge is -2.29. The summed E-state index contributed by atoms with van der Waals surface area (Å²) in [5.41, 5.74) is 2.18. The number of benzene rings is 2. The highest BCUT2D eigenvalue weighted by Crippen LogP contribution is 2.36. The van der Waals surface area contributed by atoms with Gasteiger partial charge in [0.2, 0.25) is 0 Å². The molecule has 0 spiro atoms. The van der Waals surface area contributed by atoms with Crippen LogP contribution in [0.1, 0.15) is 44.9 Å². The lowest BCUT2D eigenvalue weighted by atomic mass is 9.94. The number of phenolic OH excluding ortho intramolecular Hbond substituents is 1. The average molecular weight is 522 g/mol. The smallest absolute Gasteiger partial charge is 0.271 e. The van der Waals surface area contributed by atoms with E-state index in [9.17, 15) is 14.7 Å². The van der Waals surface area contributed by atoms with Crippen molar-refractivity contribution in [3.05, 3.63) is 84.5 Å². The number of hydrogen-bond donors (Lipinski definition) is 1. The lowest BCUT2D eigenvalue weighted by Crippen LogP contribution is -2.43. The zero-order valence-electron chi connectivity index (χ0n) is 21.6. The first kappa shape index (κ1) is 26.2. The molecule has 194 valence electrons. The summed E-state index contributed by atoms with van der Waals surface area (Å²) in [6, 6.07) is 11.7. The lowest BCUT2D eigenvalue weighted by molar-refractivity contribution is -0.127. The van der Waals surface area contributed by atoms with Crippen LogP contribution in [0, 0.1) is 0 Å². The highest BCUT2D eigenvalue weighted by atomic mass is 32.1. The summed E-state index contributed by atoms with van der Waals surface area (Å²) < 4.78 is 13.2. The number of hydrogen-bond acceptors (Lipinski definition) is 7. The number of ether oxygens (including phenoxy) is 2. The molecule has 0 unspecified atom stereocenters. The number of allylic oxidation sites excluding steroid dienone is 1. The molecule has 2 aromatic carbocycles. The zero-order valence-corrected chi connectivity index (χ0v) is 22.5. The SMILES string of the molecule is CCOc1cc(/C=c2/sc3n(c2=O)[C@@H](c2ccccc2OC)C(C(=O)N(CC)CC)=C(C)N=3)ccc1O. The molecule has 1 amide bonds. The number of aromatic nitrogens is 1. The van der Waals surface area contributed by atoms with Crippen LogP contribution in [-0.2, 0) is 4.79 Å². The molecule has 1 N–H and O–H groups in total. The second kappa shape index (κ2) is 11.0. The first-order chi connectivity index (χ1) is 17.8. The summed E-state index contributed by atoms with van der Waals surface area (Å²) in [5, 5.41) is 10.1. The van der Waals surface area contributed by atoms with E-state index in [0.29, 0.717) is 62.9 Å². The first-order valence-electron chi connectivity index (χ1n) is 12.2. The fraction of sp³-hybridized carbons (Fsp3) is 0.321. The van der Waals surface area contributed by atoms with E-state index in [-0.39, 0.29) is 17.2 Å². The number of methoxy groups -OCH3 is 1. The summed E-state index contributed by atoms with van der Waals surface area (Å²) >= 11 is 1.25. The number of nitrogens with zero attached hydrogens (tertiary/aromatic N) is 3. The van der Waals surface area contributed by atoms with E-state index in [1.165, 1.54) is 17.4 Å². The molecule has 2 heterocycles. The van der Waals surface area contributed by atoms with Gasteiger partial charge in [0, 0.05) is 18.7 Å². The van der Waals surface area contributed by atoms with Crippen molar-refractivity contribution < 1.29 is 19.4 Å². The van der Waals surface area contributed by atoms with E-state index in [2.05, 4.69) is 0 Å². The van der Waals surface area contributed by atoms with Crippen LogP contribution < -0.4 is 24.4 Å². The van der Waals surface area contributed by atoms with Crippen molar-refractivity contribution in [1.29, 1.82) is 0 Å². The minimum absolute atomic E-state index is 0.0341. The van der Waals surface area contributed by atoms with E-state index in [1.54, 1.807) is 34.8 Å². The third-order valence-corrected chi connectivity index (χ3v) is 7.30. The number of aromatic hydroxyl groups is 1. The monoisotopic (exact) mass is 521 g/mol. The van der Waals surface area contributed by atoms with Gasteiger partial charge >= 0.3 is 0 Å². The quantitative estimate of drug-likeness (QED) is 0.491. The number of likely N-dealkylation sites (N-methyl/N-ethyl adjacent to an activating group) is 1. The Balaban J connectivity index is 1.96. The van der Waals surface area contributed by atoms with E-state index >= 15 is 0 Å². The molecule has 0 saturated carbocycles. The molecular formula is C28H31N3O5S. The Morgan fingerprint density at radius 1 is 1.16 bits per heavy atom. The second-order valence-corrected chi connectivity index (χ2v) is 9.47. The fourth-order valence-electron chi connectivity index (χ4n) is 4.51. The number of rotatable bonds is 8. The Labute approximate surface area is 219 Å². The molecule has 1 atom stereocenters. The van der Waals surface area contributed by atoms with Crippen LogP contribution in [0.2, 0.25) is 0 Å². The largest absolute Gasteiger partial charge is 0.504 e. The molecular weight excluding hydrogens is 490 g/mol. The van der Waals surface area contributed by atoms with Gasteiger partial charge in [-0.05, 0) is 57.5 Å². The van der Waals surface area contributed by atoms with Crippen molar-refractivity contribution in [2.45, 2.75) is 33.7 Å². The molecule has 1 aliphatic heterocycles. The summed E-state index contributed by atoms with van der Waals surface area (Å²) in [4.78, 5) is 34.5. The van der Waals surface area contributed by atoms with Gasteiger partial charge in [0.1, 0.15) is 11.8 Å². The van der Waals surface area contributed by atoms with Crippen molar-refractivity contribution in [3.63, 3.8) is 0 Å². The van der Waals surface area contributed by atoms with Crippen LogP contribution >= 0.6 is 11.3 Å². The van der Waals surface area contributed by atoms with E-state index < -0.39 is 6.04 Å². The Kier molecular flexibility index (Phi) is 7.83. The highest BCUT2D eigenvalue weighted by molar-refractivity contribution is 7.07. The Morgan fingerprint density at radius 2 is 1.89 bits per heavy atom. The van der Waals surface area contributed by atoms with Gasteiger partial charge in [0.25, 0.3) is 11.5 Å². The Hall–Kier alpha value is -3.85. The maximum absolute atomic E-state index is 13.9. The van der Waals surface area contributed by atoms with Crippen LogP contribution in [0.15, 0.2) is 63.5 Å². The van der Waals surface area contributed by atoms with Crippen molar-refractivity contribution in [1.82, 2.24) is 9.47 Å². The third-order valence-electron chi connectivity index (χ3n) is 6.32. The molecule has 0 aliphatic carbocycles. The number of para-hydroxylation sites is 1. The molecule has 0 saturated heterocycles.